The predicted octanol–water partition coefficient (Wildman–Crippen LogP) is 4.50. The van der Waals surface area contributed by atoms with Crippen LogP contribution in [0, 0.1) is 6.92 Å². The SMILES string of the molecule is CCc1sc(C(=O)N(Cc2cccs2)CC2CCCO2)cc1C. The summed E-state index contributed by atoms with van der Waals surface area (Å²) in [4.78, 5) is 18.4. The number of ether oxygens (including phenoxy) is 1. The van der Waals surface area contributed by atoms with Crippen LogP contribution in [0.3, 0.4) is 0 Å². The van der Waals surface area contributed by atoms with E-state index < -0.39 is 0 Å². The maximum atomic E-state index is 13.0. The van der Waals surface area contributed by atoms with Gasteiger partial charge in [0.1, 0.15) is 0 Å². The zero-order valence-corrected chi connectivity index (χ0v) is 15.3. The minimum Gasteiger partial charge on any atom is -0.376 e. The zero-order valence-electron chi connectivity index (χ0n) is 13.7. The van der Waals surface area contributed by atoms with Gasteiger partial charge in [-0.15, -0.1) is 22.7 Å². The number of carbonyl (C=O) groups excluding carboxylic acids is 1. The van der Waals surface area contributed by atoms with E-state index in [1.54, 1.807) is 22.7 Å². The number of hydrogen-bond acceptors (Lipinski definition) is 4. The van der Waals surface area contributed by atoms with Crippen molar-refractivity contribution in [3.05, 3.63) is 43.8 Å². The van der Waals surface area contributed by atoms with E-state index in [4.69, 9.17) is 4.74 Å². The summed E-state index contributed by atoms with van der Waals surface area (Å²) in [5.41, 5.74) is 1.23. The molecule has 124 valence electrons. The molecular weight excluding hydrogens is 326 g/mol. The van der Waals surface area contributed by atoms with Gasteiger partial charge in [-0.3, -0.25) is 4.79 Å². The van der Waals surface area contributed by atoms with E-state index in [1.165, 1.54) is 15.3 Å². The molecule has 1 amide bonds. The second kappa shape index (κ2) is 7.60. The summed E-state index contributed by atoms with van der Waals surface area (Å²) >= 11 is 3.34. The van der Waals surface area contributed by atoms with Gasteiger partial charge in [0.05, 0.1) is 17.5 Å². The van der Waals surface area contributed by atoms with E-state index in [9.17, 15) is 4.79 Å². The van der Waals surface area contributed by atoms with E-state index in [-0.39, 0.29) is 12.0 Å². The Morgan fingerprint density at radius 3 is 2.96 bits per heavy atom. The molecule has 0 radical (unpaired) electrons. The highest BCUT2D eigenvalue weighted by Gasteiger charge is 2.25. The lowest BCUT2D eigenvalue weighted by Gasteiger charge is -2.24. The van der Waals surface area contributed by atoms with E-state index in [2.05, 4.69) is 25.3 Å². The van der Waals surface area contributed by atoms with Crippen molar-refractivity contribution in [3.63, 3.8) is 0 Å². The third kappa shape index (κ3) is 4.03. The fourth-order valence-corrected chi connectivity index (χ4v) is 4.78. The monoisotopic (exact) mass is 349 g/mol. The second-order valence-corrected chi connectivity index (χ2v) is 8.14. The molecule has 0 aromatic carbocycles. The van der Waals surface area contributed by atoms with Crippen molar-refractivity contribution in [1.29, 1.82) is 0 Å². The number of rotatable bonds is 6. The molecule has 2 aromatic heterocycles. The van der Waals surface area contributed by atoms with Crippen LogP contribution >= 0.6 is 22.7 Å². The molecule has 1 fully saturated rings. The number of thiophene rings is 2. The first-order valence-corrected chi connectivity index (χ1v) is 9.89. The van der Waals surface area contributed by atoms with E-state index in [0.717, 1.165) is 30.7 Å². The molecule has 5 heteroatoms. The Morgan fingerprint density at radius 2 is 2.35 bits per heavy atom. The van der Waals surface area contributed by atoms with Crippen LogP contribution in [0.5, 0.6) is 0 Å². The Labute approximate surface area is 145 Å². The molecule has 1 saturated heterocycles. The van der Waals surface area contributed by atoms with E-state index in [0.29, 0.717) is 13.1 Å². The van der Waals surface area contributed by atoms with Crippen LogP contribution in [0.15, 0.2) is 23.6 Å². The van der Waals surface area contributed by atoms with Gasteiger partial charge in [0.25, 0.3) is 5.91 Å². The average Bonchev–Trinajstić information content (AvgIpc) is 3.27. The number of carbonyl (C=O) groups is 1. The minimum atomic E-state index is 0.140. The van der Waals surface area contributed by atoms with Gasteiger partial charge in [0.2, 0.25) is 0 Å². The van der Waals surface area contributed by atoms with Crippen LogP contribution in [0.1, 0.15) is 44.8 Å². The molecule has 2 aromatic rings. The summed E-state index contributed by atoms with van der Waals surface area (Å²) in [5.74, 6) is 0.140. The first-order chi connectivity index (χ1) is 11.2. The number of aryl methyl sites for hydroxylation is 2. The fraction of sp³-hybridized carbons (Fsp3) is 0.500. The van der Waals surface area contributed by atoms with Crippen LogP contribution in [-0.2, 0) is 17.7 Å². The predicted molar refractivity (Wildman–Crippen MR) is 96.5 cm³/mol. The first kappa shape index (κ1) is 16.7. The molecule has 0 bridgehead atoms. The second-order valence-electron chi connectivity index (χ2n) is 5.97. The maximum Gasteiger partial charge on any atom is 0.264 e. The van der Waals surface area contributed by atoms with Crippen molar-refractivity contribution in [3.8, 4) is 0 Å². The Hall–Kier alpha value is -1.17. The highest BCUT2D eigenvalue weighted by Crippen LogP contribution is 2.26. The summed E-state index contributed by atoms with van der Waals surface area (Å²) in [6, 6.07) is 6.18. The third-order valence-electron chi connectivity index (χ3n) is 4.21. The Morgan fingerprint density at radius 1 is 1.48 bits per heavy atom. The molecule has 3 heterocycles. The average molecular weight is 350 g/mol. The van der Waals surface area contributed by atoms with Gasteiger partial charge in [-0.25, -0.2) is 0 Å². The Balaban J connectivity index is 1.78. The maximum absolute atomic E-state index is 13.0. The van der Waals surface area contributed by atoms with Gasteiger partial charge in [-0.1, -0.05) is 13.0 Å². The molecule has 0 spiro atoms. The molecule has 1 atom stereocenters. The lowest BCUT2D eigenvalue weighted by molar-refractivity contribution is 0.0513. The van der Waals surface area contributed by atoms with Crippen LogP contribution in [0.4, 0.5) is 0 Å². The number of hydrogen-bond donors (Lipinski definition) is 0. The van der Waals surface area contributed by atoms with Gasteiger partial charge in [0.15, 0.2) is 0 Å². The Kier molecular flexibility index (Phi) is 5.51. The van der Waals surface area contributed by atoms with Crippen LogP contribution < -0.4 is 0 Å². The molecule has 0 N–H and O–H groups in total. The van der Waals surface area contributed by atoms with E-state index >= 15 is 0 Å². The van der Waals surface area contributed by atoms with Gasteiger partial charge in [-0.2, -0.15) is 0 Å². The van der Waals surface area contributed by atoms with Crippen molar-refractivity contribution < 1.29 is 9.53 Å². The molecule has 0 aliphatic carbocycles. The van der Waals surface area contributed by atoms with E-state index in [1.807, 2.05) is 17.0 Å². The Bertz CT molecular complexity index is 642. The summed E-state index contributed by atoms with van der Waals surface area (Å²) in [5, 5.41) is 2.06. The molecule has 3 nitrogen and oxygen atoms in total. The summed E-state index contributed by atoms with van der Waals surface area (Å²) in [7, 11) is 0. The number of amides is 1. The van der Waals surface area contributed by atoms with Gasteiger partial charge in [0, 0.05) is 22.9 Å². The van der Waals surface area contributed by atoms with Crippen LogP contribution in [0.2, 0.25) is 0 Å². The summed E-state index contributed by atoms with van der Waals surface area (Å²) in [6.45, 7) is 6.42. The lowest BCUT2D eigenvalue weighted by Crippen LogP contribution is -2.36. The molecule has 1 aliphatic heterocycles. The number of nitrogens with zero attached hydrogens (tertiary/aromatic N) is 1. The molecule has 1 aliphatic rings. The highest BCUT2D eigenvalue weighted by molar-refractivity contribution is 7.14. The molecule has 1 unspecified atom stereocenters. The quantitative estimate of drug-likeness (QED) is 0.768. The van der Waals surface area contributed by atoms with Crippen molar-refractivity contribution in [1.82, 2.24) is 4.90 Å². The molecule has 3 rings (SSSR count). The zero-order chi connectivity index (χ0) is 16.2. The lowest BCUT2D eigenvalue weighted by atomic mass is 10.2. The summed E-state index contributed by atoms with van der Waals surface area (Å²) < 4.78 is 5.75. The van der Waals surface area contributed by atoms with Crippen molar-refractivity contribution in [2.75, 3.05) is 13.2 Å². The smallest absolute Gasteiger partial charge is 0.264 e. The van der Waals surface area contributed by atoms with Gasteiger partial charge >= 0.3 is 0 Å². The topological polar surface area (TPSA) is 29.5 Å². The van der Waals surface area contributed by atoms with Gasteiger partial charge < -0.3 is 9.64 Å². The standard InChI is InChI=1S/C18H23NO2S2/c1-3-16-13(2)10-17(23-16)18(20)19(11-14-6-4-8-21-14)12-15-7-5-9-22-15/h5,7,9-10,14H,3-4,6,8,11-12H2,1-2H3. The highest BCUT2D eigenvalue weighted by atomic mass is 32.1. The summed E-state index contributed by atoms with van der Waals surface area (Å²) in [6.07, 6.45) is 3.33. The van der Waals surface area contributed by atoms with Crippen LogP contribution in [0.25, 0.3) is 0 Å². The van der Waals surface area contributed by atoms with Crippen molar-refractivity contribution in [2.24, 2.45) is 0 Å². The normalized spacial score (nSPS) is 17.6. The van der Waals surface area contributed by atoms with Crippen molar-refractivity contribution >= 4 is 28.6 Å². The molecule has 23 heavy (non-hydrogen) atoms. The minimum absolute atomic E-state index is 0.140. The van der Waals surface area contributed by atoms with Gasteiger partial charge in [-0.05, 0) is 49.3 Å². The fourth-order valence-electron chi connectivity index (χ4n) is 2.98. The molecule has 0 saturated carbocycles. The van der Waals surface area contributed by atoms with Crippen molar-refractivity contribution in [2.45, 2.75) is 45.8 Å². The first-order valence-electron chi connectivity index (χ1n) is 8.20. The third-order valence-corrected chi connectivity index (χ3v) is 6.45. The largest absolute Gasteiger partial charge is 0.376 e. The van der Waals surface area contributed by atoms with Crippen LogP contribution in [-0.4, -0.2) is 30.1 Å². The molecular formula is C18H23NO2S2.